The maximum atomic E-state index is 13.1. The fourth-order valence-corrected chi connectivity index (χ4v) is 3.54. The average molecular weight is 456 g/mol. The Kier molecular flexibility index (Phi) is 6.35. The number of para-hydroxylation sites is 1. The molecule has 3 rings (SSSR count). The first-order chi connectivity index (χ1) is 15.0. The number of ether oxygens (including phenoxy) is 1. The monoisotopic (exact) mass is 455 g/mol. The van der Waals surface area contributed by atoms with Crippen molar-refractivity contribution in [3.63, 3.8) is 0 Å². The summed E-state index contributed by atoms with van der Waals surface area (Å²) in [6, 6.07) is 19.7. The highest BCUT2D eigenvalue weighted by atomic mass is 32.2. The first-order valence-corrected chi connectivity index (χ1v) is 11.3. The van der Waals surface area contributed by atoms with E-state index in [1.165, 1.54) is 18.2 Å². The summed E-state index contributed by atoms with van der Waals surface area (Å²) in [5.41, 5.74) is 1.57. The van der Waals surface area contributed by atoms with Crippen molar-refractivity contribution in [3.05, 3.63) is 83.4 Å². The summed E-state index contributed by atoms with van der Waals surface area (Å²) in [4.78, 5) is 13.0. The van der Waals surface area contributed by atoms with Crippen molar-refractivity contribution in [1.29, 1.82) is 5.26 Å². The fraction of sp³-hybridized carbons (Fsp3) is 0.167. The summed E-state index contributed by atoms with van der Waals surface area (Å²) in [5.74, 6) is 0.105. The van der Waals surface area contributed by atoms with Gasteiger partial charge in [0, 0.05) is 9.97 Å². The zero-order valence-electron chi connectivity index (χ0n) is 17.9. The van der Waals surface area contributed by atoms with Gasteiger partial charge in [-0.15, -0.1) is 0 Å². The van der Waals surface area contributed by atoms with Crippen molar-refractivity contribution >= 4 is 21.6 Å². The lowest BCUT2D eigenvalue weighted by Gasteiger charge is -2.21. The Morgan fingerprint density at radius 2 is 1.75 bits per heavy atom. The number of nitrogens with zero attached hydrogens (tertiary/aromatic N) is 1. The molecule has 1 amide bonds. The van der Waals surface area contributed by atoms with Gasteiger partial charge in [-0.1, -0.05) is 45.0 Å². The van der Waals surface area contributed by atoms with Gasteiger partial charge in [-0.3, -0.25) is 4.79 Å². The standard InChI is InChI=1S/C24H23N3O4S.3H2/c1-24(2,3)17-11-12-20(22(13-17)31-21-10-5-4-7-16(21)15-25)23(28)27-18-8-6-9-19(14-18)32(26,29)30;;;/h4-14H,1-3H3,(H,27,28)(H2,26,29,30);3*1H. The molecule has 0 aliphatic carbocycles. The lowest BCUT2D eigenvalue weighted by molar-refractivity contribution is 0.102. The number of benzene rings is 3. The molecule has 0 bridgehead atoms. The normalized spacial score (nSPS) is 11.5. The van der Waals surface area contributed by atoms with E-state index < -0.39 is 15.9 Å². The number of nitriles is 1. The van der Waals surface area contributed by atoms with E-state index in [1.807, 2.05) is 26.8 Å². The summed E-state index contributed by atoms with van der Waals surface area (Å²) in [7, 11) is -3.91. The fourth-order valence-electron chi connectivity index (χ4n) is 2.98. The molecule has 0 unspecified atom stereocenters. The molecule has 0 saturated heterocycles. The molecular weight excluding hydrogens is 426 g/mol. The number of hydrogen-bond donors (Lipinski definition) is 2. The Morgan fingerprint density at radius 1 is 1.03 bits per heavy atom. The van der Waals surface area contributed by atoms with Gasteiger partial charge >= 0.3 is 0 Å². The van der Waals surface area contributed by atoms with Crippen LogP contribution in [0.25, 0.3) is 0 Å². The van der Waals surface area contributed by atoms with Gasteiger partial charge in [0.05, 0.1) is 16.0 Å². The molecule has 0 radical (unpaired) electrons. The van der Waals surface area contributed by atoms with E-state index in [2.05, 4.69) is 11.4 Å². The van der Waals surface area contributed by atoms with Crippen LogP contribution in [0.1, 0.15) is 46.5 Å². The maximum Gasteiger partial charge on any atom is 0.259 e. The number of carbonyl (C=O) groups excluding carboxylic acids is 1. The summed E-state index contributed by atoms with van der Waals surface area (Å²) in [6.45, 7) is 6.11. The van der Waals surface area contributed by atoms with E-state index in [9.17, 15) is 18.5 Å². The van der Waals surface area contributed by atoms with E-state index >= 15 is 0 Å². The average Bonchev–Trinajstić information content (AvgIpc) is 2.73. The minimum absolute atomic E-state index is 0. The first kappa shape index (κ1) is 23.0. The van der Waals surface area contributed by atoms with Crippen LogP contribution in [0.3, 0.4) is 0 Å². The van der Waals surface area contributed by atoms with Crippen molar-refractivity contribution < 1.29 is 22.2 Å². The minimum atomic E-state index is -3.91. The molecule has 0 atom stereocenters. The van der Waals surface area contributed by atoms with E-state index in [4.69, 9.17) is 9.88 Å². The lowest BCUT2D eigenvalue weighted by Crippen LogP contribution is -2.17. The van der Waals surface area contributed by atoms with Crippen LogP contribution in [-0.2, 0) is 15.4 Å². The number of primary sulfonamides is 1. The second-order valence-electron chi connectivity index (χ2n) is 8.20. The summed E-state index contributed by atoms with van der Waals surface area (Å²) >= 11 is 0. The van der Waals surface area contributed by atoms with E-state index in [-0.39, 0.29) is 31.6 Å². The zero-order valence-corrected chi connectivity index (χ0v) is 18.7. The number of sulfonamides is 1. The zero-order chi connectivity index (χ0) is 23.5. The van der Waals surface area contributed by atoms with Crippen molar-refractivity contribution in [2.45, 2.75) is 31.1 Å². The highest BCUT2D eigenvalue weighted by molar-refractivity contribution is 7.89. The second kappa shape index (κ2) is 8.83. The van der Waals surface area contributed by atoms with Gasteiger partial charge in [0.2, 0.25) is 10.0 Å². The van der Waals surface area contributed by atoms with Crippen LogP contribution >= 0.6 is 0 Å². The number of carbonyl (C=O) groups is 1. The van der Waals surface area contributed by atoms with Crippen molar-refractivity contribution in [1.82, 2.24) is 0 Å². The Balaban J connectivity index is 0.00000385. The number of anilines is 1. The summed E-state index contributed by atoms with van der Waals surface area (Å²) in [5, 5.41) is 17.2. The number of rotatable bonds is 5. The molecule has 32 heavy (non-hydrogen) atoms. The second-order valence-corrected chi connectivity index (χ2v) is 9.76. The van der Waals surface area contributed by atoms with Gasteiger partial charge in [0.15, 0.2) is 0 Å². The molecule has 0 aliphatic heterocycles. The van der Waals surface area contributed by atoms with Crippen LogP contribution in [0.15, 0.2) is 71.6 Å². The maximum absolute atomic E-state index is 13.1. The van der Waals surface area contributed by atoms with E-state index in [0.717, 1.165) is 5.56 Å². The Labute approximate surface area is 192 Å². The lowest BCUT2D eigenvalue weighted by atomic mass is 9.86. The highest BCUT2D eigenvalue weighted by Gasteiger charge is 2.21. The number of nitrogens with two attached hydrogens (primary N) is 1. The summed E-state index contributed by atoms with van der Waals surface area (Å²) < 4.78 is 29.2. The molecule has 0 aliphatic rings. The van der Waals surface area contributed by atoms with Crippen LogP contribution in [-0.4, -0.2) is 14.3 Å². The Bertz CT molecular complexity index is 1330. The van der Waals surface area contributed by atoms with Crippen LogP contribution in [0, 0.1) is 11.3 Å². The molecule has 0 saturated carbocycles. The van der Waals surface area contributed by atoms with Crippen LogP contribution in [0.4, 0.5) is 5.69 Å². The largest absolute Gasteiger partial charge is 0.455 e. The smallest absolute Gasteiger partial charge is 0.259 e. The van der Waals surface area contributed by atoms with Gasteiger partial charge in [0.1, 0.15) is 17.6 Å². The van der Waals surface area contributed by atoms with E-state index in [1.54, 1.807) is 42.5 Å². The molecule has 0 aromatic heterocycles. The third-order valence-electron chi connectivity index (χ3n) is 4.74. The molecule has 3 aromatic carbocycles. The Hall–Kier alpha value is -3.67. The third-order valence-corrected chi connectivity index (χ3v) is 5.65. The molecule has 0 spiro atoms. The van der Waals surface area contributed by atoms with Gasteiger partial charge in [-0.25, -0.2) is 13.6 Å². The quantitative estimate of drug-likeness (QED) is 0.541. The van der Waals surface area contributed by atoms with Gasteiger partial charge in [-0.2, -0.15) is 5.26 Å². The Morgan fingerprint density at radius 3 is 2.41 bits per heavy atom. The highest BCUT2D eigenvalue weighted by Crippen LogP contribution is 2.33. The van der Waals surface area contributed by atoms with Crippen LogP contribution in [0.2, 0.25) is 0 Å². The van der Waals surface area contributed by atoms with Crippen LogP contribution in [0.5, 0.6) is 11.5 Å². The molecule has 0 heterocycles. The minimum Gasteiger partial charge on any atom is -0.455 e. The van der Waals surface area contributed by atoms with Gasteiger partial charge in [0.25, 0.3) is 5.91 Å². The molecular formula is C24H29N3O4S. The molecule has 7 nitrogen and oxygen atoms in total. The number of amides is 1. The molecule has 3 aromatic rings. The molecule has 3 N–H and O–H groups in total. The van der Waals surface area contributed by atoms with Crippen molar-refractivity contribution in [2.24, 2.45) is 5.14 Å². The molecule has 0 fully saturated rings. The van der Waals surface area contributed by atoms with Gasteiger partial charge in [-0.05, 0) is 53.4 Å². The van der Waals surface area contributed by atoms with Gasteiger partial charge < -0.3 is 10.1 Å². The summed E-state index contributed by atoms with van der Waals surface area (Å²) in [6.07, 6.45) is 0. The predicted octanol–water partition coefficient (Wildman–Crippen LogP) is 5.29. The van der Waals surface area contributed by atoms with E-state index in [0.29, 0.717) is 11.3 Å². The van der Waals surface area contributed by atoms with Crippen LogP contribution < -0.4 is 15.2 Å². The third kappa shape index (κ3) is 5.32. The first-order valence-electron chi connectivity index (χ1n) is 9.75. The molecule has 8 heteroatoms. The topological polar surface area (TPSA) is 122 Å². The predicted molar refractivity (Wildman–Crippen MR) is 128 cm³/mol. The van der Waals surface area contributed by atoms with Crippen molar-refractivity contribution in [2.75, 3.05) is 5.32 Å². The van der Waals surface area contributed by atoms with Crippen molar-refractivity contribution in [3.8, 4) is 17.6 Å². The SMILES string of the molecule is CC(C)(C)c1ccc(C(=O)Nc2cccc(S(N)(=O)=O)c2)c(Oc2ccccc2C#N)c1.[HH].[HH].[HH]. The number of hydrogen-bond acceptors (Lipinski definition) is 5. The number of nitrogens with one attached hydrogen (secondary N) is 1. The molecule has 170 valence electrons.